The van der Waals surface area contributed by atoms with Crippen LogP contribution >= 0.6 is 0 Å². The Morgan fingerprint density at radius 2 is 2.06 bits per heavy atom. The summed E-state index contributed by atoms with van der Waals surface area (Å²) in [6.07, 6.45) is 5.25. The number of rotatable bonds is 3. The Balaban J connectivity index is 2.12. The summed E-state index contributed by atoms with van der Waals surface area (Å²) in [5.41, 5.74) is 3.10. The summed E-state index contributed by atoms with van der Waals surface area (Å²) in [6.45, 7) is 5.67. The minimum atomic E-state index is 0.584. The van der Waals surface area contributed by atoms with Crippen molar-refractivity contribution in [1.82, 2.24) is 5.32 Å². The highest BCUT2D eigenvalue weighted by molar-refractivity contribution is 5.31. The van der Waals surface area contributed by atoms with Gasteiger partial charge in [0.2, 0.25) is 0 Å². The van der Waals surface area contributed by atoms with E-state index in [9.17, 15) is 0 Å². The molecule has 1 atom stereocenters. The fourth-order valence-electron chi connectivity index (χ4n) is 2.51. The SMILES string of the molecule is CC(C)CNC1CCCCc2ccccc21. The van der Waals surface area contributed by atoms with Crippen molar-refractivity contribution in [2.75, 3.05) is 6.54 Å². The van der Waals surface area contributed by atoms with Gasteiger partial charge in [-0.3, -0.25) is 0 Å². The van der Waals surface area contributed by atoms with E-state index in [2.05, 4.69) is 43.4 Å². The van der Waals surface area contributed by atoms with Gasteiger partial charge in [-0.1, -0.05) is 44.5 Å². The maximum absolute atomic E-state index is 3.72. The number of benzene rings is 1. The zero-order chi connectivity index (χ0) is 11.4. The largest absolute Gasteiger partial charge is 0.310 e. The third-order valence-electron chi connectivity index (χ3n) is 3.39. The molecule has 0 fully saturated rings. The number of fused-ring (bicyclic) bond motifs is 1. The van der Waals surface area contributed by atoms with Crippen LogP contribution in [0, 0.1) is 5.92 Å². The normalized spacial score (nSPS) is 20.6. The summed E-state index contributed by atoms with van der Waals surface area (Å²) in [5.74, 6) is 0.732. The molecular weight excluding hydrogens is 194 g/mol. The van der Waals surface area contributed by atoms with Crippen LogP contribution in [0.5, 0.6) is 0 Å². The molecule has 0 aromatic heterocycles. The van der Waals surface area contributed by atoms with Crippen molar-refractivity contribution in [3.63, 3.8) is 0 Å². The molecule has 1 aromatic carbocycles. The molecule has 2 rings (SSSR count). The van der Waals surface area contributed by atoms with Crippen molar-refractivity contribution in [2.45, 2.75) is 45.6 Å². The summed E-state index contributed by atoms with van der Waals surface area (Å²) in [6, 6.07) is 9.53. The van der Waals surface area contributed by atoms with Crippen LogP contribution in [0.1, 0.15) is 50.3 Å². The Morgan fingerprint density at radius 3 is 2.88 bits per heavy atom. The lowest BCUT2D eigenvalue weighted by Crippen LogP contribution is -2.25. The van der Waals surface area contributed by atoms with Gasteiger partial charge in [-0.05, 0) is 42.9 Å². The topological polar surface area (TPSA) is 12.0 Å². The van der Waals surface area contributed by atoms with Crippen molar-refractivity contribution in [2.24, 2.45) is 5.92 Å². The Morgan fingerprint density at radius 1 is 1.25 bits per heavy atom. The second kappa shape index (κ2) is 5.49. The van der Waals surface area contributed by atoms with Gasteiger partial charge in [0.25, 0.3) is 0 Å². The van der Waals surface area contributed by atoms with E-state index in [0.29, 0.717) is 6.04 Å². The predicted molar refractivity (Wildman–Crippen MR) is 69.6 cm³/mol. The van der Waals surface area contributed by atoms with Crippen molar-refractivity contribution in [3.05, 3.63) is 35.4 Å². The van der Waals surface area contributed by atoms with Crippen molar-refractivity contribution < 1.29 is 0 Å². The molecule has 88 valence electrons. The fraction of sp³-hybridized carbons (Fsp3) is 0.600. The van der Waals surface area contributed by atoms with E-state index < -0.39 is 0 Å². The first-order valence-corrected chi connectivity index (χ1v) is 6.58. The average molecular weight is 217 g/mol. The van der Waals surface area contributed by atoms with Gasteiger partial charge in [0.1, 0.15) is 0 Å². The van der Waals surface area contributed by atoms with E-state index in [1.165, 1.54) is 25.7 Å². The van der Waals surface area contributed by atoms with Gasteiger partial charge in [0.05, 0.1) is 0 Å². The van der Waals surface area contributed by atoms with Crippen LogP contribution in [0.15, 0.2) is 24.3 Å². The van der Waals surface area contributed by atoms with E-state index >= 15 is 0 Å². The Hall–Kier alpha value is -0.820. The first-order valence-electron chi connectivity index (χ1n) is 6.58. The average Bonchev–Trinajstić information content (AvgIpc) is 2.48. The first kappa shape index (κ1) is 11.7. The van der Waals surface area contributed by atoms with Gasteiger partial charge in [-0.2, -0.15) is 0 Å². The van der Waals surface area contributed by atoms with Crippen LogP contribution in [0.4, 0.5) is 0 Å². The predicted octanol–water partition coefficient (Wildman–Crippen LogP) is 3.70. The third-order valence-corrected chi connectivity index (χ3v) is 3.39. The van der Waals surface area contributed by atoms with Crippen molar-refractivity contribution in [3.8, 4) is 0 Å². The van der Waals surface area contributed by atoms with E-state index in [1.807, 2.05) is 0 Å². The van der Waals surface area contributed by atoms with E-state index in [0.717, 1.165) is 12.5 Å². The number of hydrogen-bond acceptors (Lipinski definition) is 1. The lowest BCUT2D eigenvalue weighted by Gasteiger charge is -2.20. The van der Waals surface area contributed by atoms with Crippen LogP contribution in [0.2, 0.25) is 0 Å². The second-order valence-corrected chi connectivity index (χ2v) is 5.30. The Bertz CT molecular complexity index is 330. The minimum absolute atomic E-state index is 0.584. The van der Waals surface area contributed by atoms with Crippen molar-refractivity contribution in [1.29, 1.82) is 0 Å². The molecule has 1 aliphatic rings. The van der Waals surface area contributed by atoms with Gasteiger partial charge in [-0.15, -0.1) is 0 Å². The molecule has 1 aliphatic carbocycles. The van der Waals surface area contributed by atoms with E-state index in [1.54, 1.807) is 11.1 Å². The number of aryl methyl sites for hydroxylation is 1. The molecule has 0 heterocycles. The van der Waals surface area contributed by atoms with Gasteiger partial charge in [-0.25, -0.2) is 0 Å². The zero-order valence-corrected chi connectivity index (χ0v) is 10.5. The van der Waals surface area contributed by atoms with Gasteiger partial charge in [0.15, 0.2) is 0 Å². The molecule has 0 radical (unpaired) electrons. The van der Waals surface area contributed by atoms with Crippen LogP contribution < -0.4 is 5.32 Å². The van der Waals surface area contributed by atoms with Crippen LogP contribution in [0.3, 0.4) is 0 Å². The van der Waals surface area contributed by atoms with Gasteiger partial charge >= 0.3 is 0 Å². The number of nitrogens with one attached hydrogen (secondary N) is 1. The van der Waals surface area contributed by atoms with E-state index in [-0.39, 0.29) is 0 Å². The van der Waals surface area contributed by atoms with Gasteiger partial charge < -0.3 is 5.32 Å². The quantitative estimate of drug-likeness (QED) is 0.761. The number of hydrogen-bond donors (Lipinski definition) is 1. The molecule has 16 heavy (non-hydrogen) atoms. The molecule has 0 bridgehead atoms. The fourth-order valence-corrected chi connectivity index (χ4v) is 2.51. The summed E-state index contributed by atoms with van der Waals surface area (Å²) >= 11 is 0. The third kappa shape index (κ3) is 2.85. The Labute approximate surface area is 99.3 Å². The lowest BCUT2D eigenvalue weighted by atomic mass is 9.99. The smallest absolute Gasteiger partial charge is 0.0323 e. The molecule has 0 saturated carbocycles. The molecule has 0 aliphatic heterocycles. The zero-order valence-electron chi connectivity index (χ0n) is 10.5. The maximum atomic E-state index is 3.72. The highest BCUT2D eigenvalue weighted by Gasteiger charge is 2.17. The maximum Gasteiger partial charge on any atom is 0.0323 e. The summed E-state index contributed by atoms with van der Waals surface area (Å²) < 4.78 is 0. The molecular formula is C15H23N. The molecule has 1 heteroatoms. The summed E-state index contributed by atoms with van der Waals surface area (Å²) in [5, 5.41) is 3.72. The molecule has 1 unspecified atom stereocenters. The molecule has 0 saturated heterocycles. The van der Waals surface area contributed by atoms with Gasteiger partial charge in [0, 0.05) is 6.04 Å². The summed E-state index contributed by atoms with van der Waals surface area (Å²) in [4.78, 5) is 0. The van der Waals surface area contributed by atoms with E-state index in [4.69, 9.17) is 0 Å². The lowest BCUT2D eigenvalue weighted by molar-refractivity contribution is 0.447. The molecule has 1 nitrogen and oxygen atoms in total. The Kier molecular flexibility index (Phi) is 4.00. The molecule has 0 amide bonds. The first-order chi connectivity index (χ1) is 7.77. The highest BCUT2D eigenvalue weighted by Crippen LogP contribution is 2.28. The monoisotopic (exact) mass is 217 g/mol. The van der Waals surface area contributed by atoms with Crippen molar-refractivity contribution >= 4 is 0 Å². The summed E-state index contributed by atoms with van der Waals surface area (Å²) in [7, 11) is 0. The second-order valence-electron chi connectivity index (χ2n) is 5.30. The van der Waals surface area contributed by atoms with Crippen LogP contribution in [0.25, 0.3) is 0 Å². The molecule has 1 N–H and O–H groups in total. The highest BCUT2D eigenvalue weighted by atomic mass is 14.9. The minimum Gasteiger partial charge on any atom is -0.310 e. The van der Waals surface area contributed by atoms with Crippen LogP contribution in [-0.2, 0) is 6.42 Å². The molecule has 0 spiro atoms. The standard InChI is InChI=1S/C15H23N/c1-12(2)11-16-15-10-6-4-8-13-7-3-5-9-14(13)15/h3,5,7,9,12,15-16H,4,6,8,10-11H2,1-2H3. The van der Waals surface area contributed by atoms with Crippen LogP contribution in [-0.4, -0.2) is 6.54 Å². The molecule has 1 aromatic rings.